The van der Waals surface area contributed by atoms with Crippen molar-refractivity contribution < 1.29 is 4.79 Å². The van der Waals surface area contributed by atoms with Crippen LogP contribution >= 0.6 is 0 Å². The van der Waals surface area contributed by atoms with Crippen LogP contribution in [0, 0.1) is 5.92 Å². The highest BCUT2D eigenvalue weighted by Crippen LogP contribution is 2.05. The minimum Gasteiger partial charge on any atom is -0.366 e. The third kappa shape index (κ3) is 5.64. The Balaban J connectivity index is 3.65. The van der Waals surface area contributed by atoms with E-state index >= 15 is 0 Å². The van der Waals surface area contributed by atoms with E-state index in [2.05, 4.69) is 13.8 Å². The third-order valence-electron chi connectivity index (χ3n) is 1.58. The Kier molecular flexibility index (Phi) is 4.59. The Bertz CT molecular complexity index is 159. The minimum atomic E-state index is -0.311. The average Bonchev–Trinajstić information content (AvgIpc) is 1.86. The van der Waals surface area contributed by atoms with E-state index in [9.17, 15) is 4.79 Å². The second-order valence-electron chi connectivity index (χ2n) is 3.22. The molecule has 0 bridgehead atoms. The average molecular weight is 155 g/mol. The largest absolute Gasteiger partial charge is 0.366 e. The number of amides is 1. The normalized spacial score (nSPS) is 12.2. The van der Waals surface area contributed by atoms with Gasteiger partial charge in [-0.15, -0.1) is 0 Å². The van der Waals surface area contributed by atoms with Crippen molar-refractivity contribution in [2.75, 3.05) is 0 Å². The van der Waals surface area contributed by atoms with E-state index in [4.69, 9.17) is 5.73 Å². The zero-order chi connectivity index (χ0) is 8.85. The first-order valence-corrected chi connectivity index (χ1v) is 4.00. The summed E-state index contributed by atoms with van der Waals surface area (Å²) in [5, 5.41) is 0. The zero-order valence-corrected chi connectivity index (χ0v) is 7.55. The fourth-order valence-corrected chi connectivity index (χ4v) is 0.734. The van der Waals surface area contributed by atoms with Crippen LogP contribution in [0.3, 0.4) is 0 Å². The molecule has 0 fully saturated rings. The van der Waals surface area contributed by atoms with Crippen LogP contribution in [-0.4, -0.2) is 5.91 Å². The number of nitrogens with two attached hydrogens (primary N) is 1. The SMILES string of the molecule is CC(=CCCC(C)C)C(N)=O. The van der Waals surface area contributed by atoms with Gasteiger partial charge in [0, 0.05) is 5.57 Å². The van der Waals surface area contributed by atoms with E-state index < -0.39 is 0 Å². The molecule has 0 spiro atoms. The monoisotopic (exact) mass is 155 g/mol. The summed E-state index contributed by atoms with van der Waals surface area (Å²) in [6, 6.07) is 0. The first-order valence-electron chi connectivity index (χ1n) is 4.00. The Labute approximate surface area is 68.5 Å². The van der Waals surface area contributed by atoms with Crippen molar-refractivity contribution in [3.05, 3.63) is 11.6 Å². The molecular formula is C9H17NO. The lowest BCUT2D eigenvalue weighted by atomic mass is 10.1. The molecule has 0 heterocycles. The molecule has 0 aromatic carbocycles. The number of carbonyl (C=O) groups excluding carboxylic acids is 1. The van der Waals surface area contributed by atoms with Gasteiger partial charge in [-0.25, -0.2) is 0 Å². The van der Waals surface area contributed by atoms with Crippen LogP contribution in [0.4, 0.5) is 0 Å². The number of hydrogen-bond donors (Lipinski definition) is 1. The first-order chi connectivity index (χ1) is 5.04. The van der Waals surface area contributed by atoms with E-state index in [1.165, 1.54) is 0 Å². The maximum absolute atomic E-state index is 10.5. The van der Waals surface area contributed by atoms with Crippen molar-refractivity contribution in [3.63, 3.8) is 0 Å². The summed E-state index contributed by atoms with van der Waals surface area (Å²) >= 11 is 0. The third-order valence-corrected chi connectivity index (χ3v) is 1.58. The van der Waals surface area contributed by atoms with Crippen molar-refractivity contribution in [1.82, 2.24) is 0 Å². The van der Waals surface area contributed by atoms with E-state index in [1.807, 2.05) is 6.08 Å². The van der Waals surface area contributed by atoms with Gasteiger partial charge >= 0.3 is 0 Å². The molecule has 1 amide bonds. The molecule has 0 radical (unpaired) electrons. The fourth-order valence-electron chi connectivity index (χ4n) is 0.734. The predicted molar refractivity (Wildman–Crippen MR) is 47.0 cm³/mol. The van der Waals surface area contributed by atoms with Gasteiger partial charge in [0.2, 0.25) is 5.91 Å². The van der Waals surface area contributed by atoms with E-state index in [0.717, 1.165) is 12.8 Å². The van der Waals surface area contributed by atoms with Crippen molar-refractivity contribution in [2.24, 2.45) is 11.7 Å². The van der Waals surface area contributed by atoms with Gasteiger partial charge in [0.05, 0.1) is 0 Å². The quantitative estimate of drug-likeness (QED) is 0.618. The Hall–Kier alpha value is -0.790. The van der Waals surface area contributed by atoms with Crippen molar-refractivity contribution >= 4 is 5.91 Å². The summed E-state index contributed by atoms with van der Waals surface area (Å²) in [6.45, 7) is 6.07. The van der Waals surface area contributed by atoms with Crippen molar-refractivity contribution in [1.29, 1.82) is 0 Å². The van der Waals surface area contributed by atoms with Crippen molar-refractivity contribution in [2.45, 2.75) is 33.6 Å². The fraction of sp³-hybridized carbons (Fsp3) is 0.667. The van der Waals surface area contributed by atoms with Crippen LogP contribution in [0.5, 0.6) is 0 Å². The zero-order valence-electron chi connectivity index (χ0n) is 7.55. The van der Waals surface area contributed by atoms with Gasteiger partial charge in [-0.1, -0.05) is 19.9 Å². The molecule has 0 aromatic heterocycles. The van der Waals surface area contributed by atoms with Crippen LogP contribution in [0.25, 0.3) is 0 Å². The summed E-state index contributed by atoms with van der Waals surface area (Å²) in [5.41, 5.74) is 5.72. The van der Waals surface area contributed by atoms with Gasteiger partial charge in [-0.3, -0.25) is 4.79 Å². The second kappa shape index (κ2) is 4.94. The summed E-state index contributed by atoms with van der Waals surface area (Å²) in [6.07, 6.45) is 3.97. The summed E-state index contributed by atoms with van der Waals surface area (Å²) in [7, 11) is 0. The van der Waals surface area contributed by atoms with Gasteiger partial charge < -0.3 is 5.73 Å². The highest BCUT2D eigenvalue weighted by molar-refractivity contribution is 5.91. The molecule has 0 unspecified atom stereocenters. The van der Waals surface area contributed by atoms with Crippen LogP contribution in [-0.2, 0) is 4.79 Å². The van der Waals surface area contributed by atoms with Crippen LogP contribution in [0.2, 0.25) is 0 Å². The molecule has 11 heavy (non-hydrogen) atoms. The molecule has 0 aliphatic carbocycles. The van der Waals surface area contributed by atoms with E-state index in [0.29, 0.717) is 11.5 Å². The molecule has 0 rings (SSSR count). The summed E-state index contributed by atoms with van der Waals surface area (Å²) < 4.78 is 0. The molecule has 0 saturated heterocycles. The lowest BCUT2D eigenvalue weighted by Gasteiger charge is -2.00. The molecule has 0 aliphatic rings. The van der Waals surface area contributed by atoms with Crippen LogP contribution < -0.4 is 5.73 Å². The standard InChI is InChI=1S/C9H17NO/c1-7(2)5-4-6-8(3)9(10)11/h6-7H,4-5H2,1-3H3,(H2,10,11). The number of carbonyl (C=O) groups is 1. The van der Waals surface area contributed by atoms with Gasteiger partial charge in [-0.2, -0.15) is 0 Å². The molecular weight excluding hydrogens is 138 g/mol. The summed E-state index contributed by atoms with van der Waals surface area (Å²) in [5.74, 6) is 0.376. The minimum absolute atomic E-state index is 0.311. The van der Waals surface area contributed by atoms with Crippen molar-refractivity contribution in [3.8, 4) is 0 Å². The number of primary amides is 1. The van der Waals surface area contributed by atoms with Crippen LogP contribution in [0.15, 0.2) is 11.6 Å². The molecule has 0 saturated carbocycles. The van der Waals surface area contributed by atoms with E-state index in [1.54, 1.807) is 6.92 Å². The lowest BCUT2D eigenvalue weighted by Crippen LogP contribution is -2.11. The smallest absolute Gasteiger partial charge is 0.244 e. The maximum atomic E-state index is 10.5. The Morgan fingerprint density at radius 2 is 2.09 bits per heavy atom. The lowest BCUT2D eigenvalue weighted by molar-refractivity contribution is -0.114. The number of rotatable bonds is 4. The number of hydrogen-bond acceptors (Lipinski definition) is 1. The molecule has 64 valence electrons. The van der Waals surface area contributed by atoms with Gasteiger partial charge in [0.25, 0.3) is 0 Å². The first kappa shape index (κ1) is 10.2. The predicted octanol–water partition coefficient (Wildman–Crippen LogP) is 1.85. The van der Waals surface area contributed by atoms with Crippen LogP contribution in [0.1, 0.15) is 33.6 Å². The Morgan fingerprint density at radius 3 is 2.45 bits per heavy atom. The topological polar surface area (TPSA) is 43.1 Å². The molecule has 2 heteroatoms. The Morgan fingerprint density at radius 1 is 1.55 bits per heavy atom. The second-order valence-corrected chi connectivity index (χ2v) is 3.22. The van der Waals surface area contributed by atoms with Gasteiger partial charge in [0.15, 0.2) is 0 Å². The molecule has 0 atom stereocenters. The molecule has 0 aliphatic heterocycles. The van der Waals surface area contributed by atoms with Gasteiger partial charge in [-0.05, 0) is 25.7 Å². The maximum Gasteiger partial charge on any atom is 0.244 e. The molecule has 2 nitrogen and oxygen atoms in total. The molecule has 2 N–H and O–H groups in total. The highest BCUT2D eigenvalue weighted by Gasteiger charge is 1.96. The van der Waals surface area contributed by atoms with Gasteiger partial charge in [0.1, 0.15) is 0 Å². The van der Waals surface area contributed by atoms with E-state index in [-0.39, 0.29) is 5.91 Å². The summed E-state index contributed by atoms with van der Waals surface area (Å²) in [4.78, 5) is 10.5. The highest BCUT2D eigenvalue weighted by atomic mass is 16.1. The molecule has 0 aromatic rings. The number of allylic oxidation sites excluding steroid dienone is 1.